The molecule has 0 unspecified atom stereocenters. The van der Waals surface area contributed by atoms with E-state index >= 15 is 0 Å². The molecule has 2 N–H and O–H groups in total. The van der Waals surface area contributed by atoms with E-state index in [1.165, 1.54) is 12.1 Å². The minimum atomic E-state index is -4.28. The van der Waals surface area contributed by atoms with Crippen LogP contribution in [0.15, 0.2) is 24.3 Å². The minimum Gasteiger partial charge on any atom is -0.325 e. The van der Waals surface area contributed by atoms with E-state index in [0.717, 1.165) is 31.7 Å². The fraction of sp³-hybridized carbons (Fsp3) is 0.647. The van der Waals surface area contributed by atoms with Crippen molar-refractivity contribution >= 4 is 0 Å². The highest BCUT2D eigenvalue weighted by Gasteiger charge is 2.34. The number of nitrogens with two attached hydrogens (primary N) is 1. The number of benzene rings is 1. The molecule has 4 heteroatoms. The molecule has 1 nitrogen and oxygen atoms in total. The lowest BCUT2D eigenvalue weighted by atomic mass is 9.71. The van der Waals surface area contributed by atoms with Crippen LogP contribution in [0.5, 0.6) is 0 Å². The zero-order valence-corrected chi connectivity index (χ0v) is 12.7. The maximum atomic E-state index is 12.8. The van der Waals surface area contributed by atoms with Gasteiger partial charge in [-0.15, -0.1) is 0 Å². The third-order valence-electron chi connectivity index (χ3n) is 4.78. The van der Waals surface area contributed by atoms with Crippen LogP contribution in [0.3, 0.4) is 0 Å². The topological polar surface area (TPSA) is 26.0 Å². The molecule has 0 radical (unpaired) electrons. The van der Waals surface area contributed by atoms with Gasteiger partial charge in [-0.2, -0.15) is 13.2 Å². The van der Waals surface area contributed by atoms with E-state index in [4.69, 9.17) is 5.73 Å². The Morgan fingerprint density at radius 2 is 1.86 bits per heavy atom. The lowest BCUT2D eigenvalue weighted by Crippen LogP contribution is -2.45. The first-order valence-corrected chi connectivity index (χ1v) is 7.65. The first kappa shape index (κ1) is 16.3. The molecule has 0 aromatic heterocycles. The molecule has 0 amide bonds. The number of hydrogen-bond acceptors (Lipinski definition) is 1. The van der Waals surface area contributed by atoms with E-state index in [-0.39, 0.29) is 5.54 Å². The van der Waals surface area contributed by atoms with Crippen LogP contribution in [0.1, 0.15) is 50.7 Å². The van der Waals surface area contributed by atoms with Crippen LogP contribution in [0.25, 0.3) is 0 Å². The third kappa shape index (κ3) is 4.22. The first-order valence-electron chi connectivity index (χ1n) is 7.65. The summed E-state index contributed by atoms with van der Waals surface area (Å²) in [5.74, 6) is 1.35. The molecule has 0 saturated heterocycles. The second-order valence-electron chi connectivity index (χ2n) is 6.82. The van der Waals surface area contributed by atoms with Crippen molar-refractivity contribution in [1.29, 1.82) is 0 Å². The smallest absolute Gasteiger partial charge is 0.325 e. The van der Waals surface area contributed by atoms with Crippen LogP contribution in [0.4, 0.5) is 13.2 Å². The molecule has 0 aliphatic heterocycles. The minimum absolute atomic E-state index is 0.352. The first-order chi connectivity index (χ1) is 9.70. The largest absolute Gasteiger partial charge is 0.416 e. The van der Waals surface area contributed by atoms with Gasteiger partial charge in [-0.3, -0.25) is 0 Å². The van der Waals surface area contributed by atoms with Crippen molar-refractivity contribution in [2.75, 3.05) is 0 Å². The van der Waals surface area contributed by atoms with E-state index in [0.29, 0.717) is 23.8 Å². The molecule has 0 heterocycles. The second-order valence-corrected chi connectivity index (χ2v) is 6.82. The van der Waals surface area contributed by atoms with Crippen LogP contribution in [0.2, 0.25) is 0 Å². The summed E-state index contributed by atoms with van der Waals surface area (Å²) in [7, 11) is 0. The highest BCUT2D eigenvalue weighted by molar-refractivity contribution is 5.27. The molecule has 1 aliphatic rings. The van der Waals surface area contributed by atoms with E-state index in [1.807, 2.05) is 0 Å². The van der Waals surface area contributed by atoms with E-state index in [9.17, 15) is 13.2 Å². The predicted molar refractivity (Wildman–Crippen MR) is 78.9 cm³/mol. The molecular formula is C17H24F3N. The summed E-state index contributed by atoms with van der Waals surface area (Å²) in [5.41, 5.74) is 6.19. The standard InChI is InChI=1S/C17H24F3N/c1-12(2)14-6-8-16(21,9-7-14)11-13-4-3-5-15(10-13)17(18,19)20/h3-5,10,12,14H,6-9,11,21H2,1-2H3. The van der Waals surface area contributed by atoms with Crippen LogP contribution in [-0.4, -0.2) is 5.54 Å². The Bertz CT molecular complexity index is 471. The molecule has 1 aromatic rings. The number of halogens is 3. The van der Waals surface area contributed by atoms with Crippen molar-refractivity contribution in [3.63, 3.8) is 0 Å². The average Bonchev–Trinajstić information content (AvgIpc) is 2.38. The van der Waals surface area contributed by atoms with Crippen molar-refractivity contribution in [2.45, 2.75) is 57.7 Å². The van der Waals surface area contributed by atoms with Gasteiger partial charge >= 0.3 is 6.18 Å². The molecule has 118 valence electrons. The van der Waals surface area contributed by atoms with Crippen molar-refractivity contribution in [3.8, 4) is 0 Å². The lowest BCUT2D eigenvalue weighted by Gasteiger charge is -2.39. The normalized spacial score (nSPS) is 27.1. The zero-order chi connectivity index (χ0) is 15.7. The summed E-state index contributed by atoms with van der Waals surface area (Å²) in [5, 5.41) is 0. The Hall–Kier alpha value is -1.03. The number of rotatable bonds is 3. The summed E-state index contributed by atoms with van der Waals surface area (Å²) in [4.78, 5) is 0. The Morgan fingerprint density at radius 3 is 2.38 bits per heavy atom. The van der Waals surface area contributed by atoms with Gasteiger partial charge in [0.2, 0.25) is 0 Å². The maximum Gasteiger partial charge on any atom is 0.416 e. The summed E-state index contributed by atoms with van der Waals surface area (Å²) < 4.78 is 38.3. The number of alkyl halides is 3. The predicted octanol–water partition coefficient (Wildman–Crippen LogP) is 4.79. The zero-order valence-electron chi connectivity index (χ0n) is 12.7. The molecular weight excluding hydrogens is 275 g/mol. The van der Waals surface area contributed by atoms with E-state index in [2.05, 4.69) is 13.8 Å². The molecule has 1 saturated carbocycles. The van der Waals surface area contributed by atoms with Crippen LogP contribution >= 0.6 is 0 Å². The highest BCUT2D eigenvalue weighted by atomic mass is 19.4. The summed E-state index contributed by atoms with van der Waals surface area (Å²) >= 11 is 0. The van der Waals surface area contributed by atoms with Gasteiger partial charge < -0.3 is 5.73 Å². The molecule has 2 rings (SSSR count). The van der Waals surface area contributed by atoms with Gasteiger partial charge in [0.25, 0.3) is 0 Å². The SMILES string of the molecule is CC(C)C1CCC(N)(Cc2cccc(C(F)(F)F)c2)CC1. The second kappa shape index (κ2) is 5.99. The van der Waals surface area contributed by atoms with Gasteiger partial charge in [-0.25, -0.2) is 0 Å². The Morgan fingerprint density at radius 1 is 1.24 bits per heavy atom. The highest BCUT2D eigenvalue weighted by Crippen LogP contribution is 2.37. The average molecular weight is 299 g/mol. The summed E-state index contributed by atoms with van der Waals surface area (Å²) in [6.45, 7) is 4.45. The van der Waals surface area contributed by atoms with Crippen molar-refractivity contribution in [1.82, 2.24) is 0 Å². The number of hydrogen-bond donors (Lipinski definition) is 1. The van der Waals surface area contributed by atoms with Gasteiger partial charge in [-0.1, -0.05) is 32.0 Å². The molecule has 0 spiro atoms. The van der Waals surface area contributed by atoms with Crippen molar-refractivity contribution in [3.05, 3.63) is 35.4 Å². The van der Waals surface area contributed by atoms with Crippen molar-refractivity contribution in [2.24, 2.45) is 17.6 Å². The van der Waals surface area contributed by atoms with Gasteiger partial charge in [-0.05, 0) is 55.6 Å². The Kier molecular flexibility index (Phi) is 4.66. The Labute approximate surface area is 124 Å². The van der Waals surface area contributed by atoms with Gasteiger partial charge in [0.05, 0.1) is 5.56 Å². The fourth-order valence-electron chi connectivity index (χ4n) is 3.32. The van der Waals surface area contributed by atoms with Gasteiger partial charge in [0.1, 0.15) is 0 Å². The maximum absolute atomic E-state index is 12.8. The Balaban J connectivity index is 2.05. The molecule has 0 bridgehead atoms. The van der Waals surface area contributed by atoms with Gasteiger partial charge in [0.15, 0.2) is 0 Å². The lowest BCUT2D eigenvalue weighted by molar-refractivity contribution is -0.137. The molecule has 1 aromatic carbocycles. The summed E-state index contributed by atoms with van der Waals surface area (Å²) in [6, 6.07) is 5.57. The third-order valence-corrected chi connectivity index (χ3v) is 4.78. The van der Waals surface area contributed by atoms with Crippen LogP contribution in [-0.2, 0) is 12.6 Å². The molecule has 0 atom stereocenters. The molecule has 1 aliphatic carbocycles. The van der Waals surface area contributed by atoms with Crippen LogP contribution < -0.4 is 5.73 Å². The van der Waals surface area contributed by atoms with E-state index < -0.39 is 11.7 Å². The van der Waals surface area contributed by atoms with Crippen LogP contribution in [0, 0.1) is 11.8 Å². The molecule has 1 fully saturated rings. The summed E-state index contributed by atoms with van der Waals surface area (Å²) in [6.07, 6.45) is 0.188. The van der Waals surface area contributed by atoms with Gasteiger partial charge in [0, 0.05) is 5.54 Å². The molecule has 21 heavy (non-hydrogen) atoms. The van der Waals surface area contributed by atoms with Crippen molar-refractivity contribution < 1.29 is 13.2 Å². The quantitative estimate of drug-likeness (QED) is 0.853. The van der Waals surface area contributed by atoms with E-state index in [1.54, 1.807) is 6.07 Å². The monoisotopic (exact) mass is 299 g/mol. The fourth-order valence-corrected chi connectivity index (χ4v) is 3.32.